The zero-order chi connectivity index (χ0) is 15.0. The van der Waals surface area contributed by atoms with Crippen LogP contribution in [0.15, 0.2) is 24.3 Å². The topological polar surface area (TPSA) is 119 Å². The molecule has 0 saturated heterocycles. The zero-order valence-corrected chi connectivity index (χ0v) is 10.8. The Balaban J connectivity index is 2.24. The van der Waals surface area contributed by atoms with Crippen LogP contribution in [0.5, 0.6) is 5.75 Å². The Hall–Kier alpha value is -2.57. The number of aliphatic carboxylic acids is 1. The summed E-state index contributed by atoms with van der Waals surface area (Å²) < 4.78 is 5.31. The van der Waals surface area contributed by atoms with Crippen LogP contribution in [0.1, 0.15) is 23.2 Å². The van der Waals surface area contributed by atoms with Crippen LogP contribution in [0.3, 0.4) is 0 Å². The first-order valence-corrected chi connectivity index (χ1v) is 6.00. The number of benzene rings is 1. The molecule has 0 bridgehead atoms. The highest BCUT2D eigenvalue weighted by Crippen LogP contribution is 2.11. The number of primary amides is 1. The summed E-state index contributed by atoms with van der Waals surface area (Å²) >= 11 is 0. The molecule has 7 nitrogen and oxygen atoms in total. The van der Waals surface area contributed by atoms with Gasteiger partial charge in [-0.05, 0) is 24.3 Å². The number of nitrogens with one attached hydrogen (secondary N) is 1. The fraction of sp³-hybridized carbons (Fsp3) is 0.308. The molecular formula is C13H16N2O5. The molecule has 1 aromatic rings. The predicted molar refractivity (Wildman–Crippen MR) is 70.3 cm³/mol. The van der Waals surface area contributed by atoms with Crippen LogP contribution in [0.2, 0.25) is 0 Å². The molecular weight excluding hydrogens is 264 g/mol. The lowest BCUT2D eigenvalue weighted by Gasteiger charge is -2.07. The molecule has 0 aliphatic heterocycles. The molecule has 0 aliphatic carbocycles. The van der Waals surface area contributed by atoms with Crippen molar-refractivity contribution >= 4 is 17.8 Å². The Morgan fingerprint density at radius 3 is 2.35 bits per heavy atom. The van der Waals surface area contributed by atoms with Crippen LogP contribution in [-0.4, -0.2) is 36.0 Å². The Morgan fingerprint density at radius 2 is 1.80 bits per heavy atom. The lowest BCUT2D eigenvalue weighted by Crippen LogP contribution is -2.27. The highest BCUT2D eigenvalue weighted by molar-refractivity contribution is 5.92. The Bertz CT molecular complexity index is 484. The summed E-state index contributed by atoms with van der Waals surface area (Å²) in [6.45, 7) is 0.260. The van der Waals surface area contributed by atoms with Crippen molar-refractivity contribution in [1.29, 1.82) is 0 Å². The maximum atomic E-state index is 11.3. The van der Waals surface area contributed by atoms with Crippen LogP contribution in [0, 0.1) is 0 Å². The summed E-state index contributed by atoms with van der Waals surface area (Å²) in [6, 6.07) is 6.24. The van der Waals surface area contributed by atoms with Crippen molar-refractivity contribution in [2.45, 2.75) is 12.8 Å². The first-order valence-electron chi connectivity index (χ1n) is 6.00. The lowest BCUT2D eigenvalue weighted by atomic mass is 10.2. The molecule has 7 heteroatoms. The van der Waals surface area contributed by atoms with E-state index in [1.165, 1.54) is 12.1 Å². The highest BCUT2D eigenvalue weighted by Gasteiger charge is 2.04. The van der Waals surface area contributed by atoms with E-state index in [9.17, 15) is 14.4 Å². The standard InChI is InChI=1S/C13H16N2O5/c14-13(19)9-1-3-10(4-2-9)20-8-6-11(16)15-7-5-12(17)18/h1-4H,5-8H2,(H2,14,19)(H,15,16)(H,17,18). The van der Waals surface area contributed by atoms with Gasteiger partial charge in [-0.25, -0.2) is 0 Å². The molecule has 0 radical (unpaired) electrons. The fourth-order valence-corrected chi connectivity index (χ4v) is 1.37. The number of carboxylic acids is 1. The molecule has 0 heterocycles. The number of ether oxygens (including phenoxy) is 1. The number of carbonyl (C=O) groups excluding carboxylic acids is 2. The average Bonchev–Trinajstić information content (AvgIpc) is 2.39. The molecule has 1 rings (SSSR count). The van der Waals surface area contributed by atoms with E-state index in [0.29, 0.717) is 11.3 Å². The highest BCUT2D eigenvalue weighted by atomic mass is 16.5. The van der Waals surface area contributed by atoms with Crippen LogP contribution < -0.4 is 15.8 Å². The van der Waals surface area contributed by atoms with Gasteiger partial charge in [-0.2, -0.15) is 0 Å². The summed E-state index contributed by atoms with van der Waals surface area (Å²) in [5.41, 5.74) is 5.48. The number of hydrogen-bond acceptors (Lipinski definition) is 4. The molecule has 0 atom stereocenters. The van der Waals surface area contributed by atoms with E-state index in [2.05, 4.69) is 5.32 Å². The molecule has 1 aromatic carbocycles. The van der Waals surface area contributed by atoms with E-state index >= 15 is 0 Å². The summed E-state index contributed by atoms with van der Waals surface area (Å²) in [4.78, 5) is 32.4. The van der Waals surface area contributed by atoms with Gasteiger partial charge in [0.15, 0.2) is 0 Å². The summed E-state index contributed by atoms with van der Waals surface area (Å²) in [5, 5.41) is 10.9. The third-order valence-corrected chi connectivity index (χ3v) is 2.40. The zero-order valence-electron chi connectivity index (χ0n) is 10.8. The van der Waals surface area contributed by atoms with Gasteiger partial charge >= 0.3 is 5.97 Å². The van der Waals surface area contributed by atoms with Gasteiger partial charge < -0.3 is 20.9 Å². The number of rotatable bonds is 8. The summed E-state index contributed by atoms with van der Waals surface area (Å²) in [5.74, 6) is -1.24. The van der Waals surface area contributed by atoms with Gasteiger partial charge in [-0.15, -0.1) is 0 Å². The molecule has 0 aliphatic rings. The molecule has 2 amide bonds. The predicted octanol–water partition coefficient (Wildman–Crippen LogP) is 0.145. The van der Waals surface area contributed by atoms with Crippen molar-refractivity contribution in [2.75, 3.05) is 13.2 Å². The van der Waals surface area contributed by atoms with E-state index in [-0.39, 0.29) is 31.9 Å². The number of amides is 2. The molecule has 0 aromatic heterocycles. The second-order valence-electron chi connectivity index (χ2n) is 3.98. The molecule has 0 spiro atoms. The molecule has 20 heavy (non-hydrogen) atoms. The molecule has 0 saturated carbocycles. The Morgan fingerprint density at radius 1 is 1.15 bits per heavy atom. The van der Waals surface area contributed by atoms with E-state index in [0.717, 1.165) is 0 Å². The third-order valence-electron chi connectivity index (χ3n) is 2.40. The quantitative estimate of drug-likeness (QED) is 0.626. The smallest absolute Gasteiger partial charge is 0.305 e. The second-order valence-corrected chi connectivity index (χ2v) is 3.98. The van der Waals surface area contributed by atoms with Gasteiger partial charge in [0.25, 0.3) is 0 Å². The minimum atomic E-state index is -0.962. The number of nitrogens with two attached hydrogens (primary N) is 1. The normalized spacial score (nSPS) is 9.80. The van der Waals surface area contributed by atoms with E-state index in [1.807, 2.05) is 0 Å². The van der Waals surface area contributed by atoms with Crippen molar-refractivity contribution in [2.24, 2.45) is 5.73 Å². The largest absolute Gasteiger partial charge is 0.493 e. The minimum Gasteiger partial charge on any atom is -0.493 e. The first kappa shape index (κ1) is 15.5. The van der Waals surface area contributed by atoms with Crippen LogP contribution in [0.4, 0.5) is 0 Å². The second kappa shape index (κ2) is 7.78. The molecule has 4 N–H and O–H groups in total. The van der Waals surface area contributed by atoms with Gasteiger partial charge in [0.05, 0.1) is 19.4 Å². The van der Waals surface area contributed by atoms with E-state index in [1.54, 1.807) is 12.1 Å². The van der Waals surface area contributed by atoms with Crippen molar-refractivity contribution in [3.05, 3.63) is 29.8 Å². The van der Waals surface area contributed by atoms with Gasteiger partial charge in [-0.3, -0.25) is 14.4 Å². The Labute approximate surface area is 115 Å². The van der Waals surface area contributed by atoms with Crippen LogP contribution in [0.25, 0.3) is 0 Å². The van der Waals surface area contributed by atoms with Gasteiger partial charge in [-0.1, -0.05) is 0 Å². The van der Waals surface area contributed by atoms with E-state index in [4.69, 9.17) is 15.6 Å². The Kier molecular flexibility index (Phi) is 6.02. The SMILES string of the molecule is NC(=O)c1ccc(OCCC(=O)NCCC(=O)O)cc1. The minimum absolute atomic E-state index is 0.0987. The van der Waals surface area contributed by atoms with Crippen molar-refractivity contribution < 1.29 is 24.2 Å². The van der Waals surface area contributed by atoms with Gasteiger partial charge in [0, 0.05) is 12.1 Å². The molecule has 0 unspecified atom stereocenters. The van der Waals surface area contributed by atoms with Crippen molar-refractivity contribution in [3.8, 4) is 5.75 Å². The maximum Gasteiger partial charge on any atom is 0.305 e. The van der Waals surface area contributed by atoms with E-state index < -0.39 is 11.9 Å². The van der Waals surface area contributed by atoms with Crippen molar-refractivity contribution in [1.82, 2.24) is 5.32 Å². The van der Waals surface area contributed by atoms with Crippen molar-refractivity contribution in [3.63, 3.8) is 0 Å². The van der Waals surface area contributed by atoms with Crippen LogP contribution >= 0.6 is 0 Å². The molecule has 108 valence electrons. The number of carbonyl (C=O) groups is 3. The fourth-order valence-electron chi connectivity index (χ4n) is 1.37. The maximum absolute atomic E-state index is 11.3. The lowest BCUT2D eigenvalue weighted by molar-refractivity contribution is -0.136. The first-order chi connectivity index (χ1) is 9.49. The monoisotopic (exact) mass is 280 g/mol. The molecule has 0 fully saturated rings. The summed E-state index contributed by atoms with van der Waals surface area (Å²) in [7, 11) is 0. The number of hydrogen-bond donors (Lipinski definition) is 3. The average molecular weight is 280 g/mol. The van der Waals surface area contributed by atoms with Crippen LogP contribution in [-0.2, 0) is 9.59 Å². The third kappa shape index (κ3) is 5.85. The summed E-state index contributed by atoms with van der Waals surface area (Å²) in [6.07, 6.45) is 0.0123. The van der Waals surface area contributed by atoms with Gasteiger partial charge in [0.1, 0.15) is 5.75 Å². The number of carboxylic acid groups (broad SMARTS) is 1. The van der Waals surface area contributed by atoms with Gasteiger partial charge in [0.2, 0.25) is 11.8 Å².